The van der Waals surface area contributed by atoms with Crippen LogP contribution in [0.25, 0.3) is 10.8 Å². The predicted octanol–water partition coefficient (Wildman–Crippen LogP) is 8.42. The number of rotatable bonds is 7. The molecule has 0 atom stereocenters. The summed E-state index contributed by atoms with van der Waals surface area (Å²) in [6.07, 6.45) is 15.6. The van der Waals surface area contributed by atoms with Crippen molar-refractivity contribution in [1.82, 2.24) is 0 Å². The molecule has 2 aliphatic carbocycles. The van der Waals surface area contributed by atoms with Gasteiger partial charge in [-0.1, -0.05) is 43.2 Å². The maximum atomic E-state index is 14.7. The molecule has 0 N–H and O–H groups in total. The molecule has 2 aromatic rings. The number of fused-ring (bicyclic) bond motifs is 1. The van der Waals surface area contributed by atoms with Crippen molar-refractivity contribution in [2.75, 3.05) is 6.61 Å². The highest BCUT2D eigenvalue weighted by Crippen LogP contribution is 2.45. The summed E-state index contributed by atoms with van der Waals surface area (Å²) in [7, 11) is 0. The lowest BCUT2D eigenvalue weighted by atomic mass is 9.68. The van der Waals surface area contributed by atoms with Crippen LogP contribution in [0.3, 0.4) is 0 Å². The summed E-state index contributed by atoms with van der Waals surface area (Å²) in [5.74, 6) is 3.58. The molecule has 0 aliphatic heterocycles. The SMILES string of the molecule is C=CCCC1CCC(C2CCC(c3ccc4c(F)c(OCC)ccc4c3)CC2)CC1. The molecule has 2 heteroatoms. The average Bonchev–Trinajstić information content (AvgIpc) is 2.80. The van der Waals surface area contributed by atoms with E-state index in [9.17, 15) is 4.39 Å². The number of hydrogen-bond donors (Lipinski definition) is 0. The van der Waals surface area contributed by atoms with Crippen LogP contribution in [-0.2, 0) is 0 Å². The second-order valence-corrected chi connectivity index (χ2v) is 9.55. The molecule has 0 aromatic heterocycles. The molecule has 1 nitrogen and oxygen atoms in total. The fourth-order valence-corrected chi connectivity index (χ4v) is 6.04. The van der Waals surface area contributed by atoms with E-state index in [4.69, 9.17) is 4.74 Å². The summed E-state index contributed by atoms with van der Waals surface area (Å²) in [6, 6.07) is 10.1. The van der Waals surface area contributed by atoms with E-state index in [0.29, 0.717) is 23.7 Å². The number of halogens is 1. The van der Waals surface area contributed by atoms with Crippen LogP contribution in [-0.4, -0.2) is 6.61 Å². The minimum absolute atomic E-state index is 0.228. The van der Waals surface area contributed by atoms with Crippen molar-refractivity contribution in [1.29, 1.82) is 0 Å². The van der Waals surface area contributed by atoms with Gasteiger partial charge in [0.25, 0.3) is 0 Å². The number of allylic oxidation sites excluding steroid dienone is 1. The zero-order chi connectivity index (χ0) is 20.9. The van der Waals surface area contributed by atoms with Crippen molar-refractivity contribution in [2.24, 2.45) is 17.8 Å². The molecule has 0 bridgehead atoms. The summed E-state index contributed by atoms with van der Waals surface area (Å²) >= 11 is 0. The van der Waals surface area contributed by atoms with Gasteiger partial charge in [0.15, 0.2) is 11.6 Å². The fourth-order valence-electron chi connectivity index (χ4n) is 6.04. The molecule has 0 amide bonds. The molecule has 0 saturated heterocycles. The lowest BCUT2D eigenvalue weighted by Crippen LogP contribution is -2.25. The van der Waals surface area contributed by atoms with Crippen LogP contribution in [0.5, 0.6) is 5.75 Å². The highest BCUT2D eigenvalue weighted by Gasteiger charge is 2.31. The van der Waals surface area contributed by atoms with Crippen LogP contribution >= 0.6 is 0 Å². The maximum Gasteiger partial charge on any atom is 0.172 e. The first-order valence-electron chi connectivity index (χ1n) is 12.2. The molecule has 2 fully saturated rings. The number of hydrogen-bond acceptors (Lipinski definition) is 1. The molecular formula is C28H37FO. The summed E-state index contributed by atoms with van der Waals surface area (Å²) in [5, 5.41) is 1.67. The van der Waals surface area contributed by atoms with Gasteiger partial charge < -0.3 is 4.74 Å². The highest BCUT2D eigenvalue weighted by molar-refractivity contribution is 5.85. The van der Waals surface area contributed by atoms with Crippen LogP contribution in [0, 0.1) is 23.6 Å². The Morgan fingerprint density at radius 2 is 1.67 bits per heavy atom. The van der Waals surface area contributed by atoms with Crippen molar-refractivity contribution in [3.05, 3.63) is 54.4 Å². The summed E-state index contributed by atoms with van der Waals surface area (Å²) in [5.41, 5.74) is 1.39. The van der Waals surface area contributed by atoms with Gasteiger partial charge in [-0.2, -0.15) is 0 Å². The van der Waals surface area contributed by atoms with Gasteiger partial charge in [-0.25, -0.2) is 4.39 Å². The standard InChI is InChI=1S/C28H37FO/c1-3-5-6-20-7-9-21(10-8-20)22-11-13-23(14-12-22)24-15-17-26-25(19-24)16-18-27(28(26)29)30-4-2/h3,15-23H,1,4-14H2,2H3. The normalized spacial score (nSPS) is 27.1. The van der Waals surface area contributed by atoms with Crippen LogP contribution in [0.15, 0.2) is 43.0 Å². The molecule has 0 radical (unpaired) electrons. The van der Waals surface area contributed by atoms with Gasteiger partial charge in [-0.05, 0) is 99.0 Å². The monoisotopic (exact) mass is 408 g/mol. The highest BCUT2D eigenvalue weighted by atomic mass is 19.1. The first-order valence-corrected chi connectivity index (χ1v) is 12.2. The molecule has 162 valence electrons. The van der Waals surface area contributed by atoms with E-state index < -0.39 is 0 Å². The summed E-state index contributed by atoms with van der Waals surface area (Å²) in [6.45, 7) is 6.25. The maximum absolute atomic E-state index is 14.7. The number of ether oxygens (including phenoxy) is 1. The lowest BCUT2D eigenvalue weighted by molar-refractivity contribution is 0.157. The topological polar surface area (TPSA) is 9.23 Å². The Morgan fingerprint density at radius 1 is 0.967 bits per heavy atom. The smallest absolute Gasteiger partial charge is 0.172 e. The van der Waals surface area contributed by atoms with E-state index in [1.165, 1.54) is 69.8 Å². The Bertz CT molecular complexity index is 841. The quantitative estimate of drug-likeness (QED) is 0.418. The molecule has 4 rings (SSSR count). The minimum Gasteiger partial charge on any atom is -0.491 e. The van der Waals surface area contributed by atoms with Crippen molar-refractivity contribution in [3.63, 3.8) is 0 Å². The van der Waals surface area contributed by atoms with Crippen LogP contribution < -0.4 is 4.74 Å². The molecule has 2 saturated carbocycles. The van der Waals surface area contributed by atoms with Gasteiger partial charge in [-0.3, -0.25) is 0 Å². The molecule has 0 unspecified atom stereocenters. The first-order chi connectivity index (χ1) is 14.7. The Hall–Kier alpha value is -1.83. The van der Waals surface area contributed by atoms with Crippen LogP contribution in [0.1, 0.15) is 82.6 Å². The lowest BCUT2D eigenvalue weighted by Gasteiger charge is -2.38. The third-order valence-electron chi connectivity index (χ3n) is 7.82. The van der Waals surface area contributed by atoms with Gasteiger partial charge >= 0.3 is 0 Å². The van der Waals surface area contributed by atoms with E-state index in [1.807, 2.05) is 19.1 Å². The van der Waals surface area contributed by atoms with Crippen LogP contribution in [0.4, 0.5) is 4.39 Å². The molecule has 2 aromatic carbocycles. The zero-order valence-electron chi connectivity index (χ0n) is 18.5. The molecule has 2 aliphatic rings. The third-order valence-corrected chi connectivity index (χ3v) is 7.82. The zero-order valence-corrected chi connectivity index (χ0v) is 18.5. The minimum atomic E-state index is -0.228. The molecule has 0 spiro atoms. The predicted molar refractivity (Wildman–Crippen MR) is 125 cm³/mol. The van der Waals surface area contributed by atoms with Gasteiger partial charge in [0.2, 0.25) is 0 Å². The summed E-state index contributed by atoms with van der Waals surface area (Å²) < 4.78 is 20.1. The van der Waals surface area contributed by atoms with Crippen LogP contribution in [0.2, 0.25) is 0 Å². The van der Waals surface area contributed by atoms with Gasteiger partial charge in [0.05, 0.1) is 6.61 Å². The second kappa shape index (κ2) is 9.98. The average molecular weight is 409 g/mol. The van der Waals surface area contributed by atoms with Crippen molar-refractivity contribution >= 4 is 10.8 Å². The fraction of sp³-hybridized carbons (Fsp3) is 0.571. The Kier molecular flexibility index (Phi) is 7.12. The second-order valence-electron chi connectivity index (χ2n) is 9.55. The van der Waals surface area contributed by atoms with Gasteiger partial charge in [0, 0.05) is 5.39 Å². The Morgan fingerprint density at radius 3 is 2.33 bits per heavy atom. The Labute approximate surface area is 181 Å². The number of benzene rings is 2. The molecule has 0 heterocycles. The van der Waals surface area contributed by atoms with Gasteiger partial charge in [-0.15, -0.1) is 6.58 Å². The van der Waals surface area contributed by atoms with Crippen molar-refractivity contribution < 1.29 is 9.13 Å². The van der Waals surface area contributed by atoms with Crippen molar-refractivity contribution in [2.45, 2.75) is 77.0 Å². The van der Waals surface area contributed by atoms with E-state index in [-0.39, 0.29) is 5.82 Å². The van der Waals surface area contributed by atoms with E-state index in [0.717, 1.165) is 23.1 Å². The van der Waals surface area contributed by atoms with E-state index in [2.05, 4.69) is 24.8 Å². The Balaban J connectivity index is 1.34. The molecule has 30 heavy (non-hydrogen) atoms. The molecular weight excluding hydrogens is 371 g/mol. The largest absolute Gasteiger partial charge is 0.491 e. The first kappa shape index (κ1) is 21.4. The van der Waals surface area contributed by atoms with Crippen molar-refractivity contribution in [3.8, 4) is 5.75 Å². The van der Waals surface area contributed by atoms with E-state index >= 15 is 0 Å². The summed E-state index contributed by atoms with van der Waals surface area (Å²) in [4.78, 5) is 0. The van der Waals surface area contributed by atoms with E-state index in [1.54, 1.807) is 6.07 Å². The van der Waals surface area contributed by atoms with Gasteiger partial charge in [0.1, 0.15) is 0 Å². The third kappa shape index (κ3) is 4.74.